The minimum atomic E-state index is 1.46. The van der Waals surface area contributed by atoms with Gasteiger partial charge in [0.05, 0.1) is 6.20 Å². The van der Waals surface area contributed by atoms with Gasteiger partial charge in [-0.1, -0.05) is 6.58 Å². The van der Waals surface area contributed by atoms with Crippen LogP contribution < -0.4 is 10.4 Å². The number of imidazole rings is 1. The third-order valence-corrected chi connectivity index (χ3v) is 0.888. The third-order valence-electron chi connectivity index (χ3n) is 0.888. The van der Waals surface area contributed by atoms with E-state index in [4.69, 9.17) is 5.84 Å². The lowest BCUT2D eigenvalue weighted by Crippen LogP contribution is -2.22. The summed E-state index contributed by atoms with van der Waals surface area (Å²) >= 11 is 0. The summed E-state index contributed by atoms with van der Waals surface area (Å²) in [4.78, 5) is 0. The zero-order chi connectivity index (χ0) is 5.98. The molecule has 2 N–H and O–H groups in total. The van der Waals surface area contributed by atoms with E-state index in [1.165, 1.54) is 4.68 Å². The van der Waals surface area contributed by atoms with E-state index in [0.717, 1.165) is 0 Å². The molecule has 0 atom stereocenters. The Kier molecular flexibility index (Phi) is 1.04. The van der Waals surface area contributed by atoms with Gasteiger partial charge in [0, 0.05) is 0 Å². The van der Waals surface area contributed by atoms with Crippen molar-refractivity contribution in [3.8, 4) is 0 Å². The minimum Gasteiger partial charge on any atom is -0.269 e. The minimum absolute atomic E-state index is 1.46. The van der Waals surface area contributed by atoms with Crippen LogP contribution in [0.4, 0.5) is 0 Å². The van der Waals surface area contributed by atoms with E-state index in [0.29, 0.717) is 0 Å². The number of nitrogens with two attached hydrogens (primary N) is 1. The van der Waals surface area contributed by atoms with E-state index < -0.39 is 0 Å². The average Bonchev–Trinajstić information content (AvgIpc) is 2.14. The van der Waals surface area contributed by atoms with Gasteiger partial charge in [-0.3, -0.25) is 5.84 Å². The van der Waals surface area contributed by atoms with Gasteiger partial charge in [-0.15, -0.1) is 4.68 Å². The van der Waals surface area contributed by atoms with Crippen molar-refractivity contribution in [1.82, 2.24) is 4.68 Å². The molecule has 1 rings (SSSR count). The molecule has 0 bridgehead atoms. The SMILES string of the molecule is C=C[n+]1ccn(N)c1. The number of hydrogen-bond donors (Lipinski definition) is 1. The summed E-state index contributed by atoms with van der Waals surface area (Å²) in [6.45, 7) is 3.54. The molecule has 0 unspecified atom stereocenters. The van der Waals surface area contributed by atoms with Gasteiger partial charge in [0.1, 0.15) is 6.20 Å². The molecule has 42 valence electrons. The predicted molar refractivity (Wildman–Crippen MR) is 31.2 cm³/mol. The Morgan fingerprint density at radius 2 is 2.50 bits per heavy atom. The lowest BCUT2D eigenvalue weighted by atomic mass is 10.9. The Morgan fingerprint density at radius 1 is 1.75 bits per heavy atom. The van der Waals surface area contributed by atoms with Crippen LogP contribution in [0, 0.1) is 0 Å². The predicted octanol–water partition coefficient (Wildman–Crippen LogP) is -0.410. The Morgan fingerprint density at radius 3 is 2.75 bits per heavy atom. The first-order chi connectivity index (χ1) is 3.83. The van der Waals surface area contributed by atoms with Crippen LogP contribution in [0.25, 0.3) is 6.20 Å². The molecule has 0 saturated carbocycles. The second kappa shape index (κ2) is 1.69. The molecule has 1 aromatic heterocycles. The van der Waals surface area contributed by atoms with Gasteiger partial charge in [-0.05, 0) is 0 Å². The normalized spacial score (nSPS) is 9.00. The van der Waals surface area contributed by atoms with Gasteiger partial charge in [-0.2, -0.15) is 0 Å². The highest BCUT2D eigenvalue weighted by Gasteiger charge is 1.91. The van der Waals surface area contributed by atoms with Crippen LogP contribution in [-0.4, -0.2) is 4.68 Å². The van der Waals surface area contributed by atoms with Crippen molar-refractivity contribution in [3.05, 3.63) is 25.3 Å². The first-order valence-electron chi connectivity index (χ1n) is 2.29. The Hall–Kier alpha value is -1.25. The summed E-state index contributed by atoms with van der Waals surface area (Å²) in [7, 11) is 0. The number of hydrogen-bond acceptors (Lipinski definition) is 1. The van der Waals surface area contributed by atoms with Crippen molar-refractivity contribution in [2.45, 2.75) is 0 Å². The quantitative estimate of drug-likeness (QED) is 0.387. The maximum Gasteiger partial charge on any atom is 0.271 e. The molecule has 0 aromatic carbocycles. The fourth-order valence-corrected chi connectivity index (χ4v) is 0.493. The van der Waals surface area contributed by atoms with Crippen molar-refractivity contribution in [1.29, 1.82) is 0 Å². The molecule has 3 nitrogen and oxygen atoms in total. The van der Waals surface area contributed by atoms with Crippen molar-refractivity contribution in [3.63, 3.8) is 0 Å². The van der Waals surface area contributed by atoms with Gasteiger partial charge < -0.3 is 0 Å². The molecule has 1 heterocycles. The van der Waals surface area contributed by atoms with Gasteiger partial charge >= 0.3 is 0 Å². The summed E-state index contributed by atoms with van der Waals surface area (Å²) in [5, 5.41) is 0. The smallest absolute Gasteiger partial charge is 0.269 e. The third kappa shape index (κ3) is 0.703. The number of nitrogen functional groups attached to an aromatic ring is 1. The van der Waals surface area contributed by atoms with Crippen LogP contribution in [0.15, 0.2) is 25.3 Å². The zero-order valence-electron chi connectivity index (χ0n) is 4.49. The summed E-state index contributed by atoms with van der Waals surface area (Å²) in [6.07, 6.45) is 6.94. The lowest BCUT2D eigenvalue weighted by Gasteiger charge is -1.75. The molecule has 0 aliphatic rings. The Bertz CT molecular complexity index is 189. The molecule has 0 amide bonds. The van der Waals surface area contributed by atoms with Crippen LogP contribution in [0.1, 0.15) is 0 Å². The Balaban J connectivity index is 3.00. The van der Waals surface area contributed by atoms with E-state index in [9.17, 15) is 0 Å². The topological polar surface area (TPSA) is 34.8 Å². The van der Waals surface area contributed by atoms with Crippen molar-refractivity contribution >= 4 is 6.20 Å². The summed E-state index contributed by atoms with van der Waals surface area (Å²) in [5.41, 5.74) is 0. The summed E-state index contributed by atoms with van der Waals surface area (Å²) in [6, 6.07) is 0. The standard InChI is InChI=1S/C5H8N3/c1-2-7-3-4-8(6)5-7/h2-5H,1,6H2/q+1. The number of aromatic nitrogens is 2. The molecular weight excluding hydrogens is 102 g/mol. The average molecular weight is 110 g/mol. The lowest BCUT2D eigenvalue weighted by molar-refractivity contribution is -0.567. The second-order valence-electron chi connectivity index (χ2n) is 1.49. The van der Waals surface area contributed by atoms with Crippen LogP contribution in [0.3, 0.4) is 0 Å². The molecule has 0 aliphatic carbocycles. The highest BCUT2D eigenvalue weighted by Crippen LogP contribution is 1.71. The monoisotopic (exact) mass is 110 g/mol. The molecule has 1 aromatic rings. The number of rotatable bonds is 1. The summed E-state index contributed by atoms with van der Waals surface area (Å²) in [5.74, 6) is 5.30. The van der Waals surface area contributed by atoms with Crippen molar-refractivity contribution < 1.29 is 4.57 Å². The van der Waals surface area contributed by atoms with Crippen LogP contribution in [0.5, 0.6) is 0 Å². The molecule has 8 heavy (non-hydrogen) atoms. The van der Waals surface area contributed by atoms with E-state index in [1.54, 1.807) is 23.3 Å². The van der Waals surface area contributed by atoms with Crippen molar-refractivity contribution in [2.75, 3.05) is 5.84 Å². The summed E-state index contributed by atoms with van der Waals surface area (Å²) < 4.78 is 3.22. The highest BCUT2D eigenvalue weighted by atomic mass is 15.3. The first kappa shape index (κ1) is 4.90. The maximum atomic E-state index is 5.30. The molecule has 0 spiro atoms. The maximum absolute atomic E-state index is 5.30. The molecule has 0 aliphatic heterocycles. The van der Waals surface area contributed by atoms with Crippen LogP contribution in [0.2, 0.25) is 0 Å². The van der Waals surface area contributed by atoms with Crippen LogP contribution >= 0.6 is 0 Å². The van der Waals surface area contributed by atoms with E-state index in [1.807, 2.05) is 6.20 Å². The zero-order valence-corrected chi connectivity index (χ0v) is 4.49. The Labute approximate surface area is 47.6 Å². The van der Waals surface area contributed by atoms with Gasteiger partial charge in [-0.25, -0.2) is 4.57 Å². The van der Waals surface area contributed by atoms with Gasteiger partial charge in [0.15, 0.2) is 6.20 Å². The van der Waals surface area contributed by atoms with Crippen molar-refractivity contribution in [2.24, 2.45) is 0 Å². The molecule has 0 fully saturated rings. The highest BCUT2D eigenvalue weighted by molar-refractivity contribution is 4.94. The second-order valence-corrected chi connectivity index (χ2v) is 1.49. The van der Waals surface area contributed by atoms with E-state index in [-0.39, 0.29) is 0 Å². The largest absolute Gasteiger partial charge is 0.271 e. The van der Waals surface area contributed by atoms with Gasteiger partial charge in [0.25, 0.3) is 6.33 Å². The van der Waals surface area contributed by atoms with E-state index in [2.05, 4.69) is 6.58 Å². The molecule has 0 saturated heterocycles. The van der Waals surface area contributed by atoms with Crippen LogP contribution in [-0.2, 0) is 0 Å². The molecular formula is C5H8N3+. The van der Waals surface area contributed by atoms with E-state index >= 15 is 0 Å². The fourth-order valence-electron chi connectivity index (χ4n) is 0.493. The first-order valence-corrected chi connectivity index (χ1v) is 2.29. The fraction of sp³-hybridized carbons (Fsp3) is 0. The molecule has 0 radical (unpaired) electrons. The van der Waals surface area contributed by atoms with Gasteiger partial charge in [0.2, 0.25) is 0 Å². The molecule has 3 heteroatoms. The number of nitrogens with zero attached hydrogens (tertiary/aromatic N) is 2.